The zero-order valence-electron chi connectivity index (χ0n) is 14.4. The fourth-order valence-electron chi connectivity index (χ4n) is 3.58. The molecule has 0 unspecified atom stereocenters. The van der Waals surface area contributed by atoms with Gasteiger partial charge in [-0.1, -0.05) is 37.6 Å². The monoisotopic (exact) mass is 335 g/mol. The van der Waals surface area contributed by atoms with Gasteiger partial charge >= 0.3 is 0 Å². The summed E-state index contributed by atoms with van der Waals surface area (Å²) in [5.74, 6) is 2.71. The minimum absolute atomic E-state index is 0.724. The third-order valence-corrected chi connectivity index (χ3v) is 6.35. The quantitative estimate of drug-likeness (QED) is 0.580. The molecule has 0 saturated heterocycles. The van der Waals surface area contributed by atoms with E-state index in [1.807, 2.05) is 36.0 Å². The molecule has 0 radical (unpaired) electrons. The zero-order chi connectivity index (χ0) is 16.8. The number of benzene rings is 2. The predicted molar refractivity (Wildman–Crippen MR) is 102 cm³/mol. The largest absolute Gasteiger partial charge is 0.192 e. The lowest BCUT2D eigenvalue weighted by Crippen LogP contribution is -2.12. The molecular weight excluding hydrogens is 310 g/mol. The Morgan fingerprint density at radius 3 is 2.21 bits per heavy atom. The molecule has 0 spiro atoms. The lowest BCUT2D eigenvalue weighted by atomic mass is 9.78. The first-order valence-electron chi connectivity index (χ1n) is 9.00. The molecule has 2 aromatic carbocycles. The van der Waals surface area contributed by atoms with Crippen LogP contribution >= 0.6 is 11.8 Å². The molecule has 1 saturated carbocycles. The molecule has 0 amide bonds. The first-order valence-corrected chi connectivity index (χ1v) is 9.99. The highest BCUT2D eigenvalue weighted by atomic mass is 32.2. The van der Waals surface area contributed by atoms with Crippen LogP contribution < -0.4 is 0 Å². The molecule has 0 aromatic heterocycles. The van der Waals surface area contributed by atoms with Crippen LogP contribution in [0.4, 0.5) is 0 Å². The second-order valence-corrected chi connectivity index (χ2v) is 7.84. The molecule has 124 valence electrons. The van der Waals surface area contributed by atoms with Crippen LogP contribution in [-0.4, -0.2) is 0 Å². The number of nitrogens with zero attached hydrogens (tertiary/aromatic N) is 1. The first-order chi connectivity index (χ1) is 11.8. The molecule has 0 bridgehead atoms. The van der Waals surface area contributed by atoms with E-state index in [0.717, 1.165) is 23.2 Å². The van der Waals surface area contributed by atoms with Gasteiger partial charge in [0, 0.05) is 10.6 Å². The Morgan fingerprint density at radius 2 is 1.62 bits per heavy atom. The predicted octanol–water partition coefficient (Wildman–Crippen LogP) is 6.53. The Balaban J connectivity index is 1.53. The molecule has 3 rings (SSSR count). The smallest absolute Gasteiger partial charge is 0.0991 e. The van der Waals surface area contributed by atoms with E-state index in [-0.39, 0.29) is 0 Å². The molecular formula is C22H25NS. The van der Waals surface area contributed by atoms with E-state index in [0.29, 0.717) is 0 Å². The second-order valence-electron chi connectivity index (χ2n) is 6.79. The van der Waals surface area contributed by atoms with Crippen molar-refractivity contribution in [3.05, 3.63) is 65.2 Å². The Bertz CT molecular complexity index is 673. The maximum absolute atomic E-state index is 8.84. The topological polar surface area (TPSA) is 23.8 Å². The molecule has 0 aliphatic heterocycles. The fourth-order valence-corrected chi connectivity index (χ4v) is 4.44. The lowest BCUT2D eigenvalue weighted by molar-refractivity contribution is 0.319. The van der Waals surface area contributed by atoms with Gasteiger partial charge in [0.2, 0.25) is 0 Å². The zero-order valence-corrected chi connectivity index (χ0v) is 15.2. The third kappa shape index (κ3) is 4.42. The van der Waals surface area contributed by atoms with Crippen molar-refractivity contribution in [2.75, 3.05) is 0 Å². The summed E-state index contributed by atoms with van der Waals surface area (Å²) in [6.45, 7) is 2.32. The van der Waals surface area contributed by atoms with Crippen LogP contribution in [0, 0.1) is 17.2 Å². The van der Waals surface area contributed by atoms with Crippen molar-refractivity contribution in [3.8, 4) is 6.07 Å². The summed E-state index contributed by atoms with van der Waals surface area (Å²) in [7, 11) is 0. The Hall–Kier alpha value is -1.72. The van der Waals surface area contributed by atoms with Crippen LogP contribution in [0.25, 0.3) is 0 Å². The van der Waals surface area contributed by atoms with Gasteiger partial charge in [-0.3, -0.25) is 0 Å². The van der Waals surface area contributed by atoms with Gasteiger partial charge in [0.15, 0.2) is 0 Å². The minimum atomic E-state index is 0.724. The summed E-state index contributed by atoms with van der Waals surface area (Å²) in [6.07, 6.45) is 6.86. The average molecular weight is 336 g/mol. The van der Waals surface area contributed by atoms with Crippen molar-refractivity contribution < 1.29 is 0 Å². The minimum Gasteiger partial charge on any atom is -0.192 e. The average Bonchev–Trinajstić information content (AvgIpc) is 2.67. The van der Waals surface area contributed by atoms with Gasteiger partial charge in [0.25, 0.3) is 0 Å². The molecule has 0 N–H and O–H groups in total. The van der Waals surface area contributed by atoms with Crippen LogP contribution in [0.2, 0.25) is 0 Å². The van der Waals surface area contributed by atoms with Crippen molar-refractivity contribution in [1.82, 2.24) is 0 Å². The SMILES string of the molecule is CCC1CCC(c2ccc(CSc3ccc(C#N)cc3)cc2)CC1. The highest BCUT2D eigenvalue weighted by molar-refractivity contribution is 7.98. The van der Waals surface area contributed by atoms with E-state index < -0.39 is 0 Å². The number of hydrogen-bond donors (Lipinski definition) is 0. The van der Waals surface area contributed by atoms with Crippen LogP contribution in [0.5, 0.6) is 0 Å². The van der Waals surface area contributed by atoms with Gasteiger partial charge in [-0.15, -0.1) is 11.8 Å². The van der Waals surface area contributed by atoms with E-state index in [9.17, 15) is 0 Å². The molecule has 1 nitrogen and oxygen atoms in total. The maximum Gasteiger partial charge on any atom is 0.0991 e. The molecule has 1 fully saturated rings. The number of rotatable bonds is 5. The summed E-state index contributed by atoms with van der Waals surface area (Å²) in [4.78, 5) is 1.22. The Labute approximate surface area is 150 Å². The highest BCUT2D eigenvalue weighted by Gasteiger charge is 2.20. The standard InChI is InChI=1S/C22H25NS/c1-2-17-3-9-20(10-4-17)21-11-5-19(6-12-21)16-24-22-13-7-18(15-23)8-14-22/h5-8,11-14,17,20H,2-4,9-10,16H2,1H3. The van der Waals surface area contributed by atoms with Gasteiger partial charge in [-0.2, -0.15) is 5.26 Å². The number of hydrogen-bond acceptors (Lipinski definition) is 2. The number of nitriles is 1. The lowest BCUT2D eigenvalue weighted by Gasteiger charge is -2.28. The van der Waals surface area contributed by atoms with Crippen LogP contribution in [0.15, 0.2) is 53.4 Å². The van der Waals surface area contributed by atoms with E-state index in [4.69, 9.17) is 5.26 Å². The van der Waals surface area contributed by atoms with Gasteiger partial charge in [0.05, 0.1) is 11.6 Å². The Kier molecular flexibility index (Phi) is 5.99. The van der Waals surface area contributed by atoms with Gasteiger partial charge in [0.1, 0.15) is 0 Å². The fraction of sp³-hybridized carbons (Fsp3) is 0.409. The second kappa shape index (κ2) is 8.40. The normalized spacial score (nSPS) is 20.5. The van der Waals surface area contributed by atoms with Crippen molar-refractivity contribution in [2.24, 2.45) is 5.92 Å². The summed E-state index contributed by atoms with van der Waals surface area (Å²) < 4.78 is 0. The first kappa shape index (κ1) is 17.1. The van der Waals surface area contributed by atoms with Crippen LogP contribution in [0.1, 0.15) is 61.6 Å². The van der Waals surface area contributed by atoms with Gasteiger partial charge in [-0.25, -0.2) is 0 Å². The van der Waals surface area contributed by atoms with E-state index >= 15 is 0 Å². The summed E-state index contributed by atoms with van der Waals surface area (Å²) in [5, 5.41) is 8.84. The van der Waals surface area contributed by atoms with E-state index in [1.165, 1.54) is 48.1 Å². The van der Waals surface area contributed by atoms with E-state index in [1.54, 1.807) is 0 Å². The molecule has 1 aliphatic rings. The summed E-state index contributed by atoms with van der Waals surface area (Å²) in [5.41, 5.74) is 3.62. The number of thioether (sulfide) groups is 1. The maximum atomic E-state index is 8.84. The third-order valence-electron chi connectivity index (χ3n) is 5.26. The van der Waals surface area contributed by atoms with Crippen LogP contribution in [-0.2, 0) is 5.75 Å². The van der Waals surface area contributed by atoms with Gasteiger partial charge < -0.3 is 0 Å². The van der Waals surface area contributed by atoms with Crippen molar-refractivity contribution in [2.45, 2.75) is 55.6 Å². The molecule has 0 heterocycles. The molecule has 2 heteroatoms. The summed E-state index contributed by atoms with van der Waals surface area (Å²) in [6, 6.07) is 19.3. The highest BCUT2D eigenvalue weighted by Crippen LogP contribution is 2.37. The van der Waals surface area contributed by atoms with Crippen LogP contribution in [0.3, 0.4) is 0 Å². The summed E-state index contributed by atoms with van der Waals surface area (Å²) >= 11 is 1.83. The molecule has 24 heavy (non-hydrogen) atoms. The van der Waals surface area contributed by atoms with Crippen molar-refractivity contribution >= 4 is 11.8 Å². The van der Waals surface area contributed by atoms with E-state index in [2.05, 4.69) is 37.3 Å². The molecule has 0 atom stereocenters. The molecule has 2 aromatic rings. The molecule has 1 aliphatic carbocycles. The Morgan fingerprint density at radius 1 is 0.958 bits per heavy atom. The van der Waals surface area contributed by atoms with Gasteiger partial charge in [-0.05, 0) is 72.9 Å². The van der Waals surface area contributed by atoms with Crippen molar-refractivity contribution in [3.63, 3.8) is 0 Å². The van der Waals surface area contributed by atoms with Crippen molar-refractivity contribution in [1.29, 1.82) is 5.26 Å².